The minimum atomic E-state index is -1.84. The van der Waals surface area contributed by atoms with Gasteiger partial charge in [0.1, 0.15) is 79.9 Å². The number of hydrogen-bond donors (Lipinski definition) is 11. The monoisotopic (exact) mass is 1010 g/mol. The highest BCUT2D eigenvalue weighted by atomic mass is 16.8. The van der Waals surface area contributed by atoms with Crippen LogP contribution in [0.15, 0.2) is 23.8 Å². The molecule has 7 aliphatic rings. The van der Waals surface area contributed by atoms with E-state index in [2.05, 4.69) is 40.7 Å². The fourth-order valence-corrected chi connectivity index (χ4v) is 15.2. The van der Waals surface area contributed by atoms with Gasteiger partial charge in [-0.1, -0.05) is 52.3 Å². The molecule has 4 saturated carbocycles. The van der Waals surface area contributed by atoms with E-state index in [1.807, 2.05) is 20.8 Å². The summed E-state index contributed by atoms with van der Waals surface area (Å²) in [5.41, 5.74) is -1.22. The van der Waals surface area contributed by atoms with Gasteiger partial charge in [0.25, 0.3) is 0 Å². The third-order valence-electron chi connectivity index (χ3n) is 19.3. The fourth-order valence-electron chi connectivity index (χ4n) is 15.2. The first-order valence-corrected chi connectivity index (χ1v) is 26.0. The van der Waals surface area contributed by atoms with Crippen molar-refractivity contribution in [2.45, 2.75) is 230 Å². The lowest BCUT2D eigenvalue weighted by molar-refractivity contribution is -0.378. The van der Waals surface area contributed by atoms with E-state index in [4.69, 9.17) is 33.2 Å². The van der Waals surface area contributed by atoms with Crippen LogP contribution >= 0.6 is 0 Å². The SMILES string of the molecule is C/C=C/C(=O)OC[C@H]1O[C@@H](O[C@H]2[C@H](O[C@H]3CC[C@@]4(C)[C@H](CC[C@]5(C)[C@@H]4C[C@@H](O)[C@@H]4[C@@H]([C@](C)(CCC=C(C)C)O[C@@H]6O[C@H](CO)[C@@H](O)[C@H](O)[C@H]6O)CC[C@]45C)C3(C)C)O[C@H](CO)[C@@H](O)[C@@H]2O)[C@H](O)[C@@H](O)[C@@H]1O. The molecule has 0 amide bonds. The molecule has 0 unspecified atom stereocenters. The van der Waals surface area contributed by atoms with Crippen molar-refractivity contribution in [2.75, 3.05) is 19.8 Å². The maximum absolute atomic E-state index is 12.7. The third kappa shape index (κ3) is 10.2. The molecule has 7 rings (SSSR count). The fraction of sp³-hybridized carbons (Fsp3) is 0.904. The van der Waals surface area contributed by atoms with Crippen LogP contribution in [-0.4, -0.2) is 192 Å². The van der Waals surface area contributed by atoms with Gasteiger partial charge in [0.05, 0.1) is 31.0 Å². The van der Waals surface area contributed by atoms with Crippen molar-refractivity contribution >= 4 is 5.97 Å². The van der Waals surface area contributed by atoms with Crippen molar-refractivity contribution in [1.29, 1.82) is 0 Å². The summed E-state index contributed by atoms with van der Waals surface area (Å²) in [5, 5.41) is 121. The Bertz CT molecular complexity index is 1880. The average Bonchev–Trinajstić information content (AvgIpc) is 3.70. The van der Waals surface area contributed by atoms with Crippen molar-refractivity contribution in [3.63, 3.8) is 0 Å². The van der Waals surface area contributed by atoms with Gasteiger partial charge in [0, 0.05) is 6.08 Å². The standard InChI is InChI=1S/C52H86O19/c1-10-12-34(56)65-24-30-38(59)40(61)42(63)45(68-30)70-44-41(62)37(58)29(23-54)67-47(44)69-33-16-18-49(6)31(48(33,4)5)15-20-50(7)32(49)21-27(55)35-26(14-19-51(35,50)8)52(9,17-11-13-25(2)3)71-46-43(64)39(60)36(57)28(22-53)66-46/h10,12-13,26-33,35-47,53-55,57-64H,11,14-24H2,1-9H3/b12-10+/t26-,27+,28+,29+,30+,31+,32+,33-,35-,36+,37+,38+,39-,40-,41-,42+,43+,44+,45-,46-,47-,49-,50+,51+,52-/m0/s1. The third-order valence-corrected chi connectivity index (χ3v) is 19.3. The van der Waals surface area contributed by atoms with Crippen LogP contribution in [0.25, 0.3) is 0 Å². The maximum Gasteiger partial charge on any atom is 0.330 e. The Balaban J connectivity index is 1.11. The van der Waals surface area contributed by atoms with Crippen LogP contribution in [0.3, 0.4) is 0 Å². The molecule has 11 N–H and O–H groups in total. The van der Waals surface area contributed by atoms with Gasteiger partial charge in [-0.3, -0.25) is 0 Å². The van der Waals surface area contributed by atoms with E-state index in [-0.39, 0.29) is 39.9 Å². The molecule has 0 spiro atoms. The predicted octanol–water partition coefficient (Wildman–Crippen LogP) is 1.10. The first kappa shape index (κ1) is 57.0. The van der Waals surface area contributed by atoms with Crippen LogP contribution < -0.4 is 0 Å². The second-order valence-corrected chi connectivity index (χ2v) is 23.8. The van der Waals surface area contributed by atoms with Gasteiger partial charge in [-0.2, -0.15) is 0 Å². The summed E-state index contributed by atoms with van der Waals surface area (Å²) in [4.78, 5) is 12.1. The summed E-state index contributed by atoms with van der Waals surface area (Å²) in [7, 11) is 0. The molecule has 0 aromatic carbocycles. The topological polar surface area (TPSA) is 304 Å². The Morgan fingerprint density at radius 1 is 0.676 bits per heavy atom. The second kappa shape index (κ2) is 21.7. The van der Waals surface area contributed by atoms with Gasteiger partial charge in [-0.15, -0.1) is 0 Å². The van der Waals surface area contributed by atoms with Crippen LogP contribution in [0.5, 0.6) is 0 Å². The van der Waals surface area contributed by atoms with Gasteiger partial charge in [-0.25, -0.2) is 4.79 Å². The Hall–Kier alpha value is -1.73. The number of ether oxygens (including phenoxy) is 7. The Morgan fingerprint density at radius 3 is 1.87 bits per heavy atom. The zero-order valence-corrected chi connectivity index (χ0v) is 43.0. The van der Waals surface area contributed by atoms with Gasteiger partial charge in [0.15, 0.2) is 18.9 Å². The highest BCUT2D eigenvalue weighted by Gasteiger charge is 2.72. The van der Waals surface area contributed by atoms with Crippen molar-refractivity contribution in [3.05, 3.63) is 23.8 Å². The van der Waals surface area contributed by atoms with E-state index in [0.717, 1.165) is 37.3 Å². The summed E-state index contributed by atoms with van der Waals surface area (Å²) in [5.74, 6) is -0.943. The first-order valence-electron chi connectivity index (χ1n) is 26.0. The molecule has 0 bridgehead atoms. The number of carbonyl (C=O) groups is 1. The highest BCUT2D eigenvalue weighted by molar-refractivity contribution is 5.81. The lowest BCUT2D eigenvalue weighted by Crippen LogP contribution is -2.68. The number of aliphatic hydroxyl groups excluding tert-OH is 11. The number of rotatable bonds is 15. The van der Waals surface area contributed by atoms with Crippen LogP contribution in [0.1, 0.15) is 120 Å². The van der Waals surface area contributed by atoms with E-state index in [9.17, 15) is 61.0 Å². The molecule has 19 nitrogen and oxygen atoms in total. The van der Waals surface area contributed by atoms with Crippen molar-refractivity contribution < 1.29 is 94.1 Å². The Labute approximate surface area is 418 Å². The van der Waals surface area contributed by atoms with E-state index in [1.165, 1.54) is 6.08 Å². The predicted molar refractivity (Wildman–Crippen MR) is 252 cm³/mol. The zero-order chi connectivity index (χ0) is 52.3. The van der Waals surface area contributed by atoms with E-state index >= 15 is 0 Å². The summed E-state index contributed by atoms with van der Waals surface area (Å²) in [6, 6.07) is 0. The number of esters is 1. The summed E-state index contributed by atoms with van der Waals surface area (Å²) < 4.78 is 42.8. The quantitative estimate of drug-likeness (QED) is 0.0474. The molecule has 19 heteroatoms. The average molecular weight is 1020 g/mol. The molecule has 3 saturated heterocycles. The Morgan fingerprint density at radius 2 is 1.25 bits per heavy atom. The molecule has 3 heterocycles. The van der Waals surface area contributed by atoms with E-state index < -0.39 is 141 Å². The van der Waals surface area contributed by atoms with Gasteiger partial charge in [0.2, 0.25) is 0 Å². The minimum Gasteiger partial charge on any atom is -0.460 e. The smallest absolute Gasteiger partial charge is 0.330 e. The molecule has 3 aliphatic heterocycles. The number of aliphatic hydroxyl groups is 11. The van der Waals surface area contributed by atoms with E-state index in [0.29, 0.717) is 32.1 Å². The van der Waals surface area contributed by atoms with Crippen molar-refractivity contribution in [3.8, 4) is 0 Å². The Kier molecular flexibility index (Phi) is 17.4. The number of hydrogen-bond acceptors (Lipinski definition) is 19. The number of fused-ring (bicyclic) bond motifs is 5. The molecule has 0 aromatic heterocycles. The normalized spacial score (nSPS) is 49.5. The van der Waals surface area contributed by atoms with Gasteiger partial charge in [-0.05, 0) is 131 Å². The zero-order valence-electron chi connectivity index (χ0n) is 43.0. The summed E-state index contributed by atoms with van der Waals surface area (Å²) in [6.45, 7) is 17.3. The maximum atomic E-state index is 12.7. The number of carbonyl (C=O) groups excluding carboxylic acids is 1. The van der Waals surface area contributed by atoms with Crippen LogP contribution in [0.2, 0.25) is 0 Å². The first-order chi connectivity index (χ1) is 33.2. The van der Waals surface area contributed by atoms with E-state index in [1.54, 1.807) is 6.92 Å². The molecule has 25 atom stereocenters. The molecule has 71 heavy (non-hydrogen) atoms. The van der Waals surface area contributed by atoms with Crippen LogP contribution in [0.4, 0.5) is 0 Å². The summed E-state index contributed by atoms with van der Waals surface area (Å²) in [6.07, 6.45) is -13.4. The highest BCUT2D eigenvalue weighted by Crippen LogP contribution is 2.76. The molecular formula is C52H86O19. The minimum absolute atomic E-state index is 0.0681. The van der Waals surface area contributed by atoms with Crippen molar-refractivity contribution in [1.82, 2.24) is 0 Å². The lowest BCUT2D eigenvalue weighted by atomic mass is 9.35. The van der Waals surface area contributed by atoms with Crippen molar-refractivity contribution in [2.24, 2.45) is 45.3 Å². The molecule has 7 fully saturated rings. The number of allylic oxidation sites excluding steroid dienone is 3. The molecule has 0 aromatic rings. The molecule has 0 radical (unpaired) electrons. The lowest BCUT2D eigenvalue weighted by Gasteiger charge is -2.71. The van der Waals surface area contributed by atoms with Gasteiger partial charge >= 0.3 is 5.97 Å². The molecule has 4 aliphatic carbocycles. The van der Waals surface area contributed by atoms with Gasteiger partial charge < -0.3 is 89.3 Å². The molecule has 408 valence electrons. The second-order valence-electron chi connectivity index (χ2n) is 23.8. The summed E-state index contributed by atoms with van der Waals surface area (Å²) >= 11 is 0. The molecular weight excluding hydrogens is 929 g/mol. The van der Waals surface area contributed by atoms with Crippen LogP contribution in [-0.2, 0) is 38.0 Å². The van der Waals surface area contributed by atoms with Crippen LogP contribution in [0, 0.1) is 45.3 Å². The largest absolute Gasteiger partial charge is 0.460 e.